The first kappa shape index (κ1) is 32.0. The molecule has 0 unspecified atom stereocenters. The minimum absolute atomic E-state index is 0.00530. The molecule has 1 aliphatic heterocycles. The zero-order chi connectivity index (χ0) is 30.8. The van der Waals surface area contributed by atoms with Gasteiger partial charge in [0.05, 0.1) is 32.0 Å². The number of amides is 1. The third kappa shape index (κ3) is 6.65. The predicted octanol–water partition coefficient (Wildman–Crippen LogP) is 6.18. The number of carbonyl (C=O) groups is 2. The Kier molecular flexibility index (Phi) is 9.68. The van der Waals surface area contributed by atoms with Crippen LogP contribution in [0.5, 0.6) is 5.88 Å². The number of carboxylic acid groups (broad SMARTS) is 1. The predicted molar refractivity (Wildman–Crippen MR) is 161 cm³/mol. The van der Waals surface area contributed by atoms with Gasteiger partial charge in [-0.3, -0.25) is 4.79 Å². The normalized spacial score (nSPS) is 26.7. The van der Waals surface area contributed by atoms with E-state index < -0.39 is 35.5 Å². The molecule has 42 heavy (non-hydrogen) atoms. The number of aliphatic carboxylic acids is 1. The molecule has 1 saturated carbocycles. The number of benzene rings is 1. The highest BCUT2D eigenvalue weighted by Crippen LogP contribution is 2.51. The van der Waals surface area contributed by atoms with Crippen molar-refractivity contribution in [3.63, 3.8) is 0 Å². The van der Waals surface area contributed by atoms with Crippen LogP contribution < -0.4 is 4.74 Å². The Balaban J connectivity index is 1.81. The van der Waals surface area contributed by atoms with Gasteiger partial charge in [-0.2, -0.15) is 0 Å². The van der Waals surface area contributed by atoms with Gasteiger partial charge in [-0.05, 0) is 47.3 Å². The largest absolute Gasteiger partial charge is 0.481 e. The highest BCUT2D eigenvalue weighted by Gasteiger charge is 2.59. The zero-order valence-corrected chi connectivity index (χ0v) is 26.4. The first-order chi connectivity index (χ1) is 19.8. The molecule has 2 heterocycles. The van der Waals surface area contributed by atoms with Crippen LogP contribution in [0.15, 0.2) is 42.6 Å². The van der Waals surface area contributed by atoms with Crippen LogP contribution in [0.3, 0.4) is 0 Å². The maximum absolute atomic E-state index is 14.4. The molecular formula is C34H48N2O6. The fourth-order valence-corrected chi connectivity index (χ4v) is 6.76. The fraction of sp³-hybridized carbons (Fsp3) is 0.618. The Hall–Kier alpha value is -2.97. The first-order valence-corrected chi connectivity index (χ1v) is 15.1. The topological polar surface area (TPSA) is 98.2 Å². The van der Waals surface area contributed by atoms with Gasteiger partial charge < -0.3 is 24.2 Å². The van der Waals surface area contributed by atoms with E-state index in [9.17, 15) is 14.7 Å². The van der Waals surface area contributed by atoms with Crippen molar-refractivity contribution in [2.24, 2.45) is 17.3 Å². The molecule has 2 fully saturated rings. The lowest BCUT2D eigenvalue weighted by Crippen LogP contribution is -2.49. The highest BCUT2D eigenvalue weighted by atomic mass is 16.5. The smallest absolute Gasteiger partial charge is 0.326 e. The number of methoxy groups -OCH3 is 2. The van der Waals surface area contributed by atoms with Crippen LogP contribution in [-0.2, 0) is 31.1 Å². The van der Waals surface area contributed by atoms with E-state index in [-0.39, 0.29) is 30.0 Å². The van der Waals surface area contributed by atoms with Gasteiger partial charge in [0.1, 0.15) is 6.04 Å². The van der Waals surface area contributed by atoms with Crippen LogP contribution in [0, 0.1) is 17.3 Å². The van der Waals surface area contributed by atoms with Crippen LogP contribution in [0.1, 0.15) is 90.0 Å². The van der Waals surface area contributed by atoms with E-state index in [0.29, 0.717) is 12.3 Å². The molecule has 230 valence electrons. The van der Waals surface area contributed by atoms with Crippen LogP contribution in [0.2, 0.25) is 0 Å². The number of carboxylic acids is 1. The second-order valence-corrected chi connectivity index (χ2v) is 13.9. The van der Waals surface area contributed by atoms with E-state index in [4.69, 9.17) is 14.2 Å². The van der Waals surface area contributed by atoms with Crippen molar-refractivity contribution < 1.29 is 28.9 Å². The number of aromatic nitrogens is 1. The molecule has 1 aromatic heterocycles. The maximum Gasteiger partial charge on any atom is 0.326 e. The molecule has 4 rings (SSSR count). The Labute approximate surface area is 250 Å². The Morgan fingerprint density at radius 3 is 2.31 bits per heavy atom. The number of rotatable bonds is 8. The summed E-state index contributed by atoms with van der Waals surface area (Å²) >= 11 is 0. The van der Waals surface area contributed by atoms with E-state index in [1.807, 2.05) is 57.3 Å². The summed E-state index contributed by atoms with van der Waals surface area (Å²) in [5.41, 5.74) is 2.09. The lowest BCUT2D eigenvalue weighted by molar-refractivity contribution is -0.155. The lowest BCUT2D eigenvalue weighted by Gasteiger charge is -2.36. The fourth-order valence-electron chi connectivity index (χ4n) is 6.76. The Morgan fingerprint density at radius 2 is 1.74 bits per heavy atom. The molecule has 2 aromatic rings. The molecule has 0 radical (unpaired) electrons. The van der Waals surface area contributed by atoms with Crippen LogP contribution in [0.4, 0.5) is 0 Å². The number of hydrogen-bond acceptors (Lipinski definition) is 6. The van der Waals surface area contributed by atoms with Crippen molar-refractivity contribution in [3.8, 4) is 5.88 Å². The van der Waals surface area contributed by atoms with Crippen molar-refractivity contribution in [2.75, 3.05) is 14.2 Å². The number of hydrogen-bond donors (Lipinski definition) is 1. The van der Waals surface area contributed by atoms with Gasteiger partial charge in [0.15, 0.2) is 0 Å². The van der Waals surface area contributed by atoms with Crippen molar-refractivity contribution in [1.29, 1.82) is 0 Å². The monoisotopic (exact) mass is 580 g/mol. The van der Waals surface area contributed by atoms with Crippen molar-refractivity contribution in [3.05, 3.63) is 59.3 Å². The van der Waals surface area contributed by atoms with E-state index >= 15 is 0 Å². The highest BCUT2D eigenvalue weighted by molar-refractivity contribution is 5.87. The van der Waals surface area contributed by atoms with E-state index in [0.717, 1.165) is 36.0 Å². The molecule has 1 N–H and O–H groups in total. The molecule has 2 aliphatic rings. The molecule has 1 saturated heterocycles. The second kappa shape index (κ2) is 12.7. The van der Waals surface area contributed by atoms with Crippen LogP contribution in [-0.4, -0.2) is 59.3 Å². The molecule has 6 atom stereocenters. The molecule has 1 aliphatic carbocycles. The molecule has 1 amide bonds. The molecule has 1 aromatic carbocycles. The van der Waals surface area contributed by atoms with Crippen LogP contribution >= 0.6 is 0 Å². The summed E-state index contributed by atoms with van der Waals surface area (Å²) in [6, 6.07) is 10.1. The van der Waals surface area contributed by atoms with E-state index in [2.05, 4.69) is 31.8 Å². The molecule has 0 bridgehead atoms. The van der Waals surface area contributed by atoms with Gasteiger partial charge >= 0.3 is 5.97 Å². The number of pyridine rings is 1. The summed E-state index contributed by atoms with van der Waals surface area (Å²) < 4.78 is 18.0. The molecule has 8 nitrogen and oxygen atoms in total. The van der Waals surface area contributed by atoms with Crippen molar-refractivity contribution in [1.82, 2.24) is 9.88 Å². The first-order valence-electron chi connectivity index (χ1n) is 15.1. The van der Waals surface area contributed by atoms with Gasteiger partial charge in [0.25, 0.3) is 0 Å². The summed E-state index contributed by atoms with van der Waals surface area (Å²) in [6.45, 7) is 12.6. The minimum Gasteiger partial charge on any atom is -0.481 e. The number of nitrogens with zero attached hydrogens (tertiary/aromatic N) is 2. The third-order valence-electron chi connectivity index (χ3n) is 8.98. The average molecular weight is 581 g/mol. The van der Waals surface area contributed by atoms with Gasteiger partial charge in [-0.1, -0.05) is 78.3 Å². The summed E-state index contributed by atoms with van der Waals surface area (Å²) in [7, 11) is 3.26. The summed E-state index contributed by atoms with van der Waals surface area (Å²) in [4.78, 5) is 33.7. The molecule has 0 spiro atoms. The number of likely N-dealkylation sites (tertiary alicyclic amines) is 1. The SMILES string of the molecule is COc1ncc(C(C)(C)C)cc1CO[C@H]1[C@H](C(C)(C)C)[C@@H](C(=O)O)N(C(=O)[C@@H]2CCC[C@@H](OC)C2)[C@H]1c1ccccc1. The van der Waals surface area contributed by atoms with Crippen LogP contribution in [0.25, 0.3) is 0 Å². The van der Waals surface area contributed by atoms with Crippen molar-refractivity contribution in [2.45, 2.75) is 104 Å². The van der Waals surface area contributed by atoms with E-state index in [1.165, 1.54) is 0 Å². The van der Waals surface area contributed by atoms with Gasteiger partial charge in [-0.25, -0.2) is 9.78 Å². The zero-order valence-electron chi connectivity index (χ0n) is 26.4. The number of carbonyl (C=O) groups excluding carboxylic acids is 1. The molecular weight excluding hydrogens is 532 g/mol. The van der Waals surface area contributed by atoms with Gasteiger partial charge in [-0.15, -0.1) is 0 Å². The number of ether oxygens (including phenoxy) is 3. The Bertz CT molecular complexity index is 1230. The average Bonchev–Trinajstić information content (AvgIpc) is 3.31. The third-order valence-corrected chi connectivity index (χ3v) is 8.98. The molecule has 8 heteroatoms. The summed E-state index contributed by atoms with van der Waals surface area (Å²) in [5, 5.41) is 10.7. The quantitative estimate of drug-likeness (QED) is 0.398. The minimum atomic E-state index is -1.04. The standard InChI is InChI=1S/C34H48N2O6/c1-33(2,3)24-17-23(30(41-8)35-19-24)20-42-29-26(34(4,5)6)28(32(38)39)36(27(29)21-13-10-9-11-14-21)31(37)22-15-12-16-25(18-22)40-7/h9-11,13-14,17,19,22,25-29H,12,15-16,18,20H2,1-8H3,(H,38,39)/t22-,25-,26-,27+,28+,29+/m1/s1. The van der Waals surface area contributed by atoms with Gasteiger partial charge in [0, 0.05) is 30.7 Å². The Morgan fingerprint density at radius 1 is 1.05 bits per heavy atom. The summed E-state index contributed by atoms with van der Waals surface area (Å²) in [5.74, 6) is -1.45. The maximum atomic E-state index is 14.4. The summed E-state index contributed by atoms with van der Waals surface area (Å²) in [6.07, 6.45) is 4.32. The second-order valence-electron chi connectivity index (χ2n) is 13.9. The lowest BCUT2D eigenvalue weighted by atomic mass is 9.73. The van der Waals surface area contributed by atoms with E-state index in [1.54, 1.807) is 19.1 Å². The van der Waals surface area contributed by atoms with Gasteiger partial charge in [0.2, 0.25) is 11.8 Å². The van der Waals surface area contributed by atoms with Crippen molar-refractivity contribution >= 4 is 11.9 Å².